The van der Waals surface area contributed by atoms with Crippen molar-refractivity contribution in [3.05, 3.63) is 46.2 Å². The Morgan fingerprint density at radius 1 is 1.25 bits per heavy atom. The number of hydrogen-bond donors (Lipinski definition) is 2. The van der Waals surface area contributed by atoms with Crippen LogP contribution >= 0.6 is 11.3 Å². The Kier molecular flexibility index (Phi) is 6.02. The number of thiophene rings is 1. The Hall–Kier alpha value is -2.25. The van der Waals surface area contributed by atoms with Crippen LogP contribution in [0.25, 0.3) is 0 Å². The first-order valence-electron chi connectivity index (χ1n) is 9.81. The number of piperidine rings is 1. The maximum Gasteiger partial charge on any atom is 0.231 e. The van der Waals surface area contributed by atoms with Gasteiger partial charge in [0.05, 0.1) is 0 Å². The van der Waals surface area contributed by atoms with Crippen molar-refractivity contribution in [3.63, 3.8) is 0 Å². The number of rotatable bonds is 5. The van der Waals surface area contributed by atoms with Crippen LogP contribution in [-0.2, 0) is 6.54 Å². The van der Waals surface area contributed by atoms with Crippen LogP contribution < -0.4 is 20.1 Å². The van der Waals surface area contributed by atoms with Crippen LogP contribution in [0.3, 0.4) is 0 Å². The Labute approximate surface area is 170 Å². The first kappa shape index (κ1) is 19.1. The summed E-state index contributed by atoms with van der Waals surface area (Å²) in [4.78, 5) is 8.34. The molecule has 1 aromatic heterocycles. The van der Waals surface area contributed by atoms with Gasteiger partial charge in [0.15, 0.2) is 17.5 Å². The molecule has 2 atom stereocenters. The van der Waals surface area contributed by atoms with Crippen LogP contribution in [0.2, 0.25) is 0 Å². The molecule has 0 aliphatic carbocycles. The Morgan fingerprint density at radius 3 is 2.96 bits per heavy atom. The molecule has 0 amide bonds. The van der Waals surface area contributed by atoms with Crippen molar-refractivity contribution in [1.82, 2.24) is 15.5 Å². The smallest absolute Gasteiger partial charge is 0.231 e. The van der Waals surface area contributed by atoms with Gasteiger partial charge in [-0.2, -0.15) is 0 Å². The van der Waals surface area contributed by atoms with Gasteiger partial charge in [-0.05, 0) is 61.5 Å². The third kappa shape index (κ3) is 4.25. The van der Waals surface area contributed by atoms with Gasteiger partial charge < -0.3 is 20.1 Å². The molecule has 3 heterocycles. The highest BCUT2D eigenvalue weighted by atomic mass is 32.1. The molecule has 0 saturated carbocycles. The third-order valence-corrected chi connectivity index (χ3v) is 6.44. The average molecular weight is 401 g/mol. The maximum absolute atomic E-state index is 5.46. The Bertz CT molecular complexity index is 809. The maximum atomic E-state index is 5.46. The molecular weight excluding hydrogens is 372 g/mol. The summed E-state index contributed by atoms with van der Waals surface area (Å²) in [5, 5.41) is 9.12. The zero-order valence-corrected chi connectivity index (χ0v) is 17.3. The molecule has 2 aliphatic rings. The van der Waals surface area contributed by atoms with Crippen molar-refractivity contribution < 1.29 is 9.47 Å². The largest absolute Gasteiger partial charge is 0.454 e. The normalized spacial score (nSPS) is 22.3. The summed E-state index contributed by atoms with van der Waals surface area (Å²) in [5.74, 6) is 3.02. The molecule has 7 heteroatoms. The number of nitrogens with zero attached hydrogens (tertiary/aromatic N) is 2. The van der Waals surface area contributed by atoms with Gasteiger partial charge in [-0.25, -0.2) is 0 Å². The van der Waals surface area contributed by atoms with Crippen molar-refractivity contribution in [2.75, 3.05) is 34.0 Å². The Balaban J connectivity index is 1.33. The molecule has 0 bridgehead atoms. The molecule has 1 saturated heterocycles. The first-order chi connectivity index (χ1) is 13.7. The fourth-order valence-corrected chi connectivity index (χ4v) is 5.05. The highest BCUT2D eigenvalue weighted by Crippen LogP contribution is 2.36. The second-order valence-electron chi connectivity index (χ2n) is 7.34. The predicted molar refractivity (Wildman–Crippen MR) is 113 cm³/mol. The molecule has 2 N–H and O–H groups in total. The zero-order valence-electron chi connectivity index (χ0n) is 16.5. The number of nitrogens with one attached hydrogen (secondary N) is 2. The van der Waals surface area contributed by atoms with Crippen molar-refractivity contribution in [2.24, 2.45) is 10.9 Å². The van der Waals surface area contributed by atoms with E-state index < -0.39 is 0 Å². The number of hydrogen-bond acceptors (Lipinski definition) is 5. The van der Waals surface area contributed by atoms with Crippen molar-refractivity contribution in [1.29, 1.82) is 0 Å². The molecule has 0 spiro atoms. The summed E-state index contributed by atoms with van der Waals surface area (Å²) in [7, 11) is 4.06. The van der Waals surface area contributed by atoms with E-state index in [0.29, 0.717) is 25.3 Å². The van der Waals surface area contributed by atoms with Crippen LogP contribution in [0.5, 0.6) is 11.5 Å². The van der Waals surface area contributed by atoms with Gasteiger partial charge in [-0.15, -0.1) is 11.3 Å². The van der Waals surface area contributed by atoms with Gasteiger partial charge >= 0.3 is 0 Å². The third-order valence-electron chi connectivity index (χ3n) is 5.49. The minimum absolute atomic E-state index is 0.302. The second-order valence-corrected chi connectivity index (χ2v) is 8.32. The SMILES string of the molecule is CN=C(NCc1ccc2c(c1)OCO2)NCC1CCCN(C)C1c1cccs1. The lowest BCUT2D eigenvalue weighted by atomic mass is 9.88. The van der Waals surface area contributed by atoms with Crippen molar-refractivity contribution in [3.8, 4) is 11.5 Å². The van der Waals surface area contributed by atoms with Gasteiger partial charge in [0.25, 0.3) is 0 Å². The van der Waals surface area contributed by atoms with E-state index in [0.717, 1.165) is 36.1 Å². The standard InChI is InChI=1S/C21H28N4O2S/c1-22-21(23-12-15-7-8-17-18(11-15)27-14-26-17)24-13-16-5-3-9-25(2)20(16)19-6-4-10-28-19/h4,6-8,10-11,16,20H,3,5,9,12-14H2,1-2H3,(H2,22,23,24). The summed E-state index contributed by atoms with van der Waals surface area (Å²) >= 11 is 1.86. The van der Waals surface area contributed by atoms with E-state index in [4.69, 9.17) is 9.47 Å². The minimum Gasteiger partial charge on any atom is -0.454 e. The van der Waals surface area contributed by atoms with E-state index >= 15 is 0 Å². The molecule has 6 nitrogen and oxygen atoms in total. The highest BCUT2D eigenvalue weighted by Gasteiger charge is 2.31. The number of guanidine groups is 1. The van der Waals surface area contributed by atoms with Crippen molar-refractivity contribution >= 4 is 17.3 Å². The molecule has 4 rings (SSSR count). The average Bonchev–Trinajstić information content (AvgIpc) is 3.39. The molecular formula is C21H28N4O2S. The highest BCUT2D eigenvalue weighted by molar-refractivity contribution is 7.10. The van der Waals surface area contributed by atoms with Gasteiger partial charge in [0, 0.05) is 31.1 Å². The van der Waals surface area contributed by atoms with E-state index in [9.17, 15) is 0 Å². The zero-order chi connectivity index (χ0) is 19.3. The van der Waals surface area contributed by atoms with Crippen LogP contribution in [0.1, 0.15) is 29.3 Å². The topological polar surface area (TPSA) is 58.1 Å². The number of likely N-dealkylation sites (tertiary alicyclic amines) is 1. The number of aliphatic imine (C=N–C) groups is 1. The van der Waals surface area contributed by atoms with Gasteiger partial charge in [-0.1, -0.05) is 12.1 Å². The summed E-state index contributed by atoms with van der Waals surface area (Å²) < 4.78 is 10.8. The van der Waals surface area contributed by atoms with Gasteiger partial charge in [0.2, 0.25) is 6.79 Å². The molecule has 2 unspecified atom stereocenters. The molecule has 150 valence electrons. The van der Waals surface area contributed by atoms with Crippen molar-refractivity contribution in [2.45, 2.75) is 25.4 Å². The predicted octanol–water partition coefficient (Wildman–Crippen LogP) is 3.22. The van der Waals surface area contributed by atoms with Crippen LogP contribution in [0.4, 0.5) is 0 Å². The Morgan fingerprint density at radius 2 is 2.14 bits per heavy atom. The lowest BCUT2D eigenvalue weighted by molar-refractivity contribution is 0.125. The van der Waals surface area contributed by atoms with Gasteiger partial charge in [-0.3, -0.25) is 9.89 Å². The van der Waals surface area contributed by atoms with Crippen LogP contribution in [-0.4, -0.2) is 44.8 Å². The summed E-state index contributed by atoms with van der Waals surface area (Å²) in [6.07, 6.45) is 2.48. The minimum atomic E-state index is 0.302. The first-order valence-corrected chi connectivity index (χ1v) is 10.7. The van der Waals surface area contributed by atoms with Crippen LogP contribution in [0.15, 0.2) is 40.7 Å². The molecule has 0 radical (unpaired) electrons. The fourth-order valence-electron chi connectivity index (χ4n) is 4.07. The molecule has 28 heavy (non-hydrogen) atoms. The quantitative estimate of drug-likeness (QED) is 0.596. The lowest BCUT2D eigenvalue weighted by Crippen LogP contribution is -2.44. The van der Waals surface area contributed by atoms with E-state index in [1.54, 1.807) is 0 Å². The summed E-state index contributed by atoms with van der Waals surface area (Å²) in [6.45, 7) is 3.07. The van der Waals surface area contributed by atoms with E-state index in [2.05, 4.69) is 51.2 Å². The second kappa shape index (κ2) is 8.84. The molecule has 1 fully saturated rings. The molecule has 2 aromatic rings. The lowest BCUT2D eigenvalue weighted by Gasteiger charge is -2.39. The van der Waals surface area contributed by atoms with E-state index in [-0.39, 0.29) is 0 Å². The number of ether oxygens (including phenoxy) is 2. The summed E-state index contributed by atoms with van der Waals surface area (Å²) in [5.41, 5.74) is 1.14. The monoisotopic (exact) mass is 400 g/mol. The fraction of sp³-hybridized carbons (Fsp3) is 0.476. The number of benzene rings is 1. The molecule has 2 aliphatic heterocycles. The summed E-state index contributed by atoms with van der Waals surface area (Å²) in [6, 6.07) is 10.9. The van der Waals surface area contributed by atoms with E-state index in [1.165, 1.54) is 17.7 Å². The van der Waals surface area contributed by atoms with E-state index in [1.807, 2.05) is 30.5 Å². The van der Waals surface area contributed by atoms with Gasteiger partial charge in [0.1, 0.15) is 0 Å². The number of fused-ring (bicyclic) bond motifs is 1. The van der Waals surface area contributed by atoms with Crippen LogP contribution in [0, 0.1) is 5.92 Å². The molecule has 1 aromatic carbocycles.